The summed E-state index contributed by atoms with van der Waals surface area (Å²) < 4.78 is 5.54. The summed E-state index contributed by atoms with van der Waals surface area (Å²) >= 11 is 1.77. The zero-order valence-electron chi connectivity index (χ0n) is 12.9. The molecule has 0 aliphatic rings. The molecule has 2 rings (SSSR count). The van der Waals surface area contributed by atoms with Crippen molar-refractivity contribution in [2.75, 3.05) is 18.2 Å². The standard InChI is InChI=1S/C18H23NOS/c1-4-20-13-16-7-5-6-8-18(16)19-14(2)15-9-11-17(21-3)12-10-15/h5-12,14,19H,4,13H2,1-3H3. The summed E-state index contributed by atoms with van der Waals surface area (Å²) in [6.07, 6.45) is 2.10. The van der Waals surface area contributed by atoms with Crippen LogP contribution in [-0.4, -0.2) is 12.9 Å². The number of benzene rings is 2. The Bertz CT molecular complexity index is 553. The van der Waals surface area contributed by atoms with Crippen molar-refractivity contribution in [2.24, 2.45) is 0 Å². The predicted molar refractivity (Wildman–Crippen MR) is 92.0 cm³/mol. The average molecular weight is 301 g/mol. The van der Waals surface area contributed by atoms with Gasteiger partial charge < -0.3 is 10.1 Å². The van der Waals surface area contributed by atoms with Crippen LogP contribution in [0.15, 0.2) is 53.4 Å². The minimum atomic E-state index is 0.267. The maximum atomic E-state index is 5.54. The molecule has 0 aliphatic carbocycles. The van der Waals surface area contributed by atoms with E-state index >= 15 is 0 Å². The van der Waals surface area contributed by atoms with Crippen molar-refractivity contribution in [2.45, 2.75) is 31.4 Å². The van der Waals surface area contributed by atoms with Crippen molar-refractivity contribution in [1.29, 1.82) is 0 Å². The van der Waals surface area contributed by atoms with Crippen molar-refractivity contribution in [1.82, 2.24) is 0 Å². The highest BCUT2D eigenvalue weighted by atomic mass is 32.2. The number of nitrogens with one attached hydrogen (secondary N) is 1. The van der Waals surface area contributed by atoms with Crippen LogP contribution in [-0.2, 0) is 11.3 Å². The first kappa shape index (κ1) is 15.9. The average Bonchev–Trinajstić information content (AvgIpc) is 2.54. The Morgan fingerprint density at radius 1 is 1.10 bits per heavy atom. The van der Waals surface area contributed by atoms with Gasteiger partial charge in [-0.2, -0.15) is 0 Å². The van der Waals surface area contributed by atoms with Gasteiger partial charge in [-0.1, -0.05) is 30.3 Å². The van der Waals surface area contributed by atoms with E-state index in [1.807, 2.05) is 6.92 Å². The third-order valence-electron chi connectivity index (χ3n) is 3.47. The smallest absolute Gasteiger partial charge is 0.0736 e. The fourth-order valence-corrected chi connectivity index (χ4v) is 2.62. The van der Waals surface area contributed by atoms with Gasteiger partial charge in [0.15, 0.2) is 0 Å². The minimum Gasteiger partial charge on any atom is -0.378 e. The summed E-state index contributed by atoms with van der Waals surface area (Å²) in [6.45, 7) is 5.59. The summed E-state index contributed by atoms with van der Waals surface area (Å²) in [4.78, 5) is 1.29. The third kappa shape index (κ3) is 4.51. The Kier molecular flexibility index (Phi) is 6.15. The van der Waals surface area contributed by atoms with Crippen LogP contribution in [0.2, 0.25) is 0 Å². The lowest BCUT2D eigenvalue weighted by Crippen LogP contribution is -2.09. The lowest BCUT2D eigenvalue weighted by molar-refractivity contribution is 0.134. The van der Waals surface area contributed by atoms with Crippen LogP contribution in [0.4, 0.5) is 5.69 Å². The summed E-state index contributed by atoms with van der Waals surface area (Å²) in [5.74, 6) is 0. The van der Waals surface area contributed by atoms with Crippen molar-refractivity contribution >= 4 is 17.4 Å². The van der Waals surface area contributed by atoms with Gasteiger partial charge in [-0.25, -0.2) is 0 Å². The highest BCUT2D eigenvalue weighted by Gasteiger charge is 2.08. The zero-order chi connectivity index (χ0) is 15.1. The molecular formula is C18H23NOS. The Labute approximate surface area is 131 Å². The van der Waals surface area contributed by atoms with Crippen molar-refractivity contribution in [3.05, 3.63) is 59.7 Å². The van der Waals surface area contributed by atoms with E-state index in [1.165, 1.54) is 16.0 Å². The molecule has 112 valence electrons. The van der Waals surface area contributed by atoms with Gasteiger partial charge in [-0.05, 0) is 43.9 Å². The molecule has 21 heavy (non-hydrogen) atoms. The van der Waals surface area contributed by atoms with Crippen molar-refractivity contribution in [3.63, 3.8) is 0 Å². The molecule has 3 heteroatoms. The number of ether oxygens (including phenoxy) is 1. The molecule has 1 atom stereocenters. The number of rotatable bonds is 7. The fraction of sp³-hybridized carbons (Fsp3) is 0.333. The normalized spacial score (nSPS) is 12.1. The second-order valence-corrected chi connectivity index (χ2v) is 5.81. The number of hydrogen-bond donors (Lipinski definition) is 1. The van der Waals surface area contributed by atoms with Crippen molar-refractivity contribution < 1.29 is 4.74 Å². The van der Waals surface area contributed by atoms with Gasteiger partial charge in [-0.3, -0.25) is 0 Å². The van der Waals surface area contributed by atoms with Gasteiger partial charge in [-0.15, -0.1) is 11.8 Å². The van der Waals surface area contributed by atoms with Gasteiger partial charge in [0.1, 0.15) is 0 Å². The Morgan fingerprint density at radius 2 is 1.81 bits per heavy atom. The summed E-state index contributed by atoms with van der Waals surface area (Å²) in [6, 6.07) is 17.3. The van der Waals surface area contributed by atoms with Gasteiger partial charge >= 0.3 is 0 Å². The molecule has 0 bridgehead atoms. The third-order valence-corrected chi connectivity index (χ3v) is 4.21. The molecule has 0 spiro atoms. The summed E-state index contributed by atoms with van der Waals surface area (Å²) in [7, 11) is 0. The highest BCUT2D eigenvalue weighted by Crippen LogP contribution is 2.24. The molecule has 0 fully saturated rings. The van der Waals surface area contributed by atoms with E-state index in [1.54, 1.807) is 11.8 Å². The molecule has 0 aromatic heterocycles. The number of anilines is 1. The molecule has 0 saturated carbocycles. The molecule has 2 aromatic rings. The second kappa shape index (κ2) is 8.11. The van der Waals surface area contributed by atoms with Crippen LogP contribution in [0, 0.1) is 0 Å². The first-order chi connectivity index (χ1) is 10.2. The van der Waals surface area contributed by atoms with Crippen LogP contribution in [0.3, 0.4) is 0 Å². The Hall–Kier alpha value is -1.45. The van der Waals surface area contributed by atoms with Crippen LogP contribution < -0.4 is 5.32 Å². The molecule has 0 heterocycles. The molecule has 1 unspecified atom stereocenters. The first-order valence-corrected chi connectivity index (χ1v) is 8.53. The molecular weight excluding hydrogens is 278 g/mol. The molecule has 0 radical (unpaired) electrons. The van der Waals surface area contributed by atoms with Gasteiger partial charge in [0, 0.05) is 28.8 Å². The van der Waals surface area contributed by atoms with E-state index in [2.05, 4.69) is 67.0 Å². The summed E-state index contributed by atoms with van der Waals surface area (Å²) in [5.41, 5.74) is 3.64. The van der Waals surface area contributed by atoms with Crippen LogP contribution in [0.1, 0.15) is 31.0 Å². The van der Waals surface area contributed by atoms with E-state index in [0.717, 1.165) is 12.3 Å². The Morgan fingerprint density at radius 3 is 2.48 bits per heavy atom. The second-order valence-electron chi connectivity index (χ2n) is 4.93. The van der Waals surface area contributed by atoms with Crippen LogP contribution in [0.5, 0.6) is 0 Å². The topological polar surface area (TPSA) is 21.3 Å². The molecule has 0 saturated heterocycles. The SMILES string of the molecule is CCOCc1ccccc1NC(C)c1ccc(SC)cc1. The maximum Gasteiger partial charge on any atom is 0.0736 e. The molecule has 0 aliphatic heterocycles. The van der Waals surface area contributed by atoms with E-state index < -0.39 is 0 Å². The van der Waals surface area contributed by atoms with Gasteiger partial charge in [0.25, 0.3) is 0 Å². The largest absolute Gasteiger partial charge is 0.378 e. The van der Waals surface area contributed by atoms with Gasteiger partial charge in [0.2, 0.25) is 0 Å². The lowest BCUT2D eigenvalue weighted by Gasteiger charge is -2.19. The number of hydrogen-bond acceptors (Lipinski definition) is 3. The van der Waals surface area contributed by atoms with E-state index in [9.17, 15) is 0 Å². The van der Waals surface area contributed by atoms with Gasteiger partial charge in [0.05, 0.1) is 6.61 Å². The Balaban J connectivity index is 2.09. The quantitative estimate of drug-likeness (QED) is 0.717. The first-order valence-electron chi connectivity index (χ1n) is 7.30. The lowest BCUT2D eigenvalue weighted by atomic mass is 10.1. The zero-order valence-corrected chi connectivity index (χ0v) is 13.7. The van der Waals surface area contributed by atoms with Crippen LogP contribution in [0.25, 0.3) is 0 Å². The number of para-hydroxylation sites is 1. The van der Waals surface area contributed by atoms with E-state index in [0.29, 0.717) is 6.61 Å². The molecule has 0 amide bonds. The summed E-state index contributed by atoms with van der Waals surface area (Å²) in [5, 5.41) is 3.59. The van der Waals surface area contributed by atoms with E-state index in [-0.39, 0.29) is 6.04 Å². The maximum absolute atomic E-state index is 5.54. The number of thioether (sulfide) groups is 1. The monoisotopic (exact) mass is 301 g/mol. The van der Waals surface area contributed by atoms with Crippen LogP contribution >= 0.6 is 11.8 Å². The molecule has 2 nitrogen and oxygen atoms in total. The molecule has 1 N–H and O–H groups in total. The predicted octanol–water partition coefficient (Wildman–Crippen LogP) is 5.12. The highest BCUT2D eigenvalue weighted by molar-refractivity contribution is 7.98. The van der Waals surface area contributed by atoms with E-state index in [4.69, 9.17) is 4.74 Å². The van der Waals surface area contributed by atoms with Crippen molar-refractivity contribution in [3.8, 4) is 0 Å². The minimum absolute atomic E-state index is 0.267. The fourth-order valence-electron chi connectivity index (χ4n) is 2.21. The molecule has 2 aromatic carbocycles.